The Morgan fingerprint density at radius 1 is 0.976 bits per heavy atom. The average Bonchev–Trinajstić information content (AvgIpc) is 3.52. The van der Waals surface area contributed by atoms with E-state index in [1.165, 1.54) is 0 Å². The summed E-state index contributed by atoms with van der Waals surface area (Å²) in [4.78, 5) is 40.2. The molecule has 0 spiro atoms. The quantitative estimate of drug-likeness (QED) is 0.209. The van der Waals surface area contributed by atoms with Crippen LogP contribution >= 0.6 is 11.3 Å². The minimum absolute atomic E-state index is 0.132. The van der Waals surface area contributed by atoms with Gasteiger partial charge < -0.3 is 20.7 Å². The highest BCUT2D eigenvalue weighted by molar-refractivity contribution is 7.20. The highest BCUT2D eigenvalue weighted by Crippen LogP contribution is 2.33. The number of hydrogen-bond acceptors (Lipinski definition) is 7. The van der Waals surface area contributed by atoms with Crippen LogP contribution in [0.25, 0.3) is 10.2 Å². The van der Waals surface area contributed by atoms with Crippen LogP contribution in [0.1, 0.15) is 72.7 Å². The Hall–Kier alpha value is -4.02. The van der Waals surface area contributed by atoms with Crippen LogP contribution in [0.2, 0.25) is 0 Å². The van der Waals surface area contributed by atoms with Crippen molar-refractivity contribution in [3.8, 4) is 0 Å². The van der Waals surface area contributed by atoms with Crippen LogP contribution in [0.15, 0.2) is 60.7 Å². The number of fused-ring (bicyclic) bond motifs is 1. The van der Waals surface area contributed by atoms with Gasteiger partial charge in [0.1, 0.15) is 4.83 Å². The molecule has 0 bridgehead atoms. The molecule has 4 rings (SSSR count). The van der Waals surface area contributed by atoms with E-state index in [2.05, 4.69) is 34.9 Å². The second-order valence-electron chi connectivity index (χ2n) is 11.2. The molecule has 2 aromatic heterocycles. The predicted octanol–water partition coefficient (Wildman–Crippen LogP) is 6.15. The molecule has 2 aromatic carbocycles. The van der Waals surface area contributed by atoms with E-state index in [0.717, 1.165) is 27.1 Å². The number of anilines is 1. The summed E-state index contributed by atoms with van der Waals surface area (Å²) in [7, 11) is 0. The molecule has 3 N–H and O–H groups in total. The Labute approximate surface area is 244 Å². The number of carbonyl (C=O) groups is 3. The van der Waals surface area contributed by atoms with Gasteiger partial charge >= 0.3 is 6.09 Å². The SMILES string of the molecule is CC(C)COC(=O)n1nc(NC(=O)c2ccc(CNC(C)C)cc2)c2cc(C(=O)NC(C)(C)c3ccccc3)sc21. The fourth-order valence-electron chi connectivity index (χ4n) is 4.08. The number of rotatable bonds is 10. The molecular formula is C31H37N5O4S. The van der Waals surface area contributed by atoms with Crippen LogP contribution in [-0.2, 0) is 16.8 Å². The lowest BCUT2D eigenvalue weighted by Crippen LogP contribution is -2.40. The van der Waals surface area contributed by atoms with Crippen LogP contribution in [0.3, 0.4) is 0 Å². The largest absolute Gasteiger partial charge is 0.448 e. The van der Waals surface area contributed by atoms with E-state index in [1.807, 2.05) is 70.2 Å². The number of nitrogens with zero attached hydrogens (tertiary/aromatic N) is 2. The molecule has 41 heavy (non-hydrogen) atoms. The van der Waals surface area contributed by atoms with E-state index in [0.29, 0.717) is 33.2 Å². The molecule has 10 heteroatoms. The Kier molecular flexibility index (Phi) is 9.25. The van der Waals surface area contributed by atoms with E-state index >= 15 is 0 Å². The van der Waals surface area contributed by atoms with E-state index in [-0.39, 0.29) is 30.2 Å². The molecule has 0 aliphatic heterocycles. The number of benzene rings is 2. The highest BCUT2D eigenvalue weighted by atomic mass is 32.1. The fourth-order valence-corrected chi connectivity index (χ4v) is 5.08. The summed E-state index contributed by atoms with van der Waals surface area (Å²) in [5, 5.41) is 14.1. The molecular weight excluding hydrogens is 538 g/mol. The summed E-state index contributed by atoms with van der Waals surface area (Å²) in [6.45, 7) is 12.8. The molecule has 9 nitrogen and oxygen atoms in total. The molecule has 0 unspecified atom stereocenters. The summed E-state index contributed by atoms with van der Waals surface area (Å²) in [6, 6.07) is 18.9. The number of ether oxygens (including phenoxy) is 1. The van der Waals surface area contributed by atoms with Crippen molar-refractivity contribution in [2.75, 3.05) is 11.9 Å². The first-order valence-corrected chi connectivity index (χ1v) is 14.5. The van der Waals surface area contributed by atoms with Gasteiger partial charge in [-0.25, -0.2) is 4.79 Å². The number of thiophene rings is 1. The Balaban J connectivity index is 1.61. The van der Waals surface area contributed by atoms with Gasteiger partial charge in [0.05, 0.1) is 22.4 Å². The maximum absolute atomic E-state index is 13.3. The summed E-state index contributed by atoms with van der Waals surface area (Å²) in [5.74, 6) is -0.370. The number of hydrogen-bond donors (Lipinski definition) is 3. The zero-order valence-corrected chi connectivity index (χ0v) is 25.1. The van der Waals surface area contributed by atoms with Crippen LogP contribution in [0.4, 0.5) is 10.6 Å². The van der Waals surface area contributed by atoms with E-state index in [1.54, 1.807) is 18.2 Å². The second kappa shape index (κ2) is 12.7. The van der Waals surface area contributed by atoms with Crippen molar-refractivity contribution in [2.24, 2.45) is 5.92 Å². The third-order valence-electron chi connectivity index (χ3n) is 6.38. The van der Waals surface area contributed by atoms with Crippen molar-refractivity contribution in [1.29, 1.82) is 0 Å². The van der Waals surface area contributed by atoms with Crippen LogP contribution in [0.5, 0.6) is 0 Å². The van der Waals surface area contributed by atoms with Gasteiger partial charge in [-0.05, 0) is 49.1 Å². The van der Waals surface area contributed by atoms with Gasteiger partial charge in [0.2, 0.25) is 0 Å². The Morgan fingerprint density at radius 2 is 1.66 bits per heavy atom. The van der Waals surface area contributed by atoms with Crippen molar-refractivity contribution in [1.82, 2.24) is 20.4 Å². The summed E-state index contributed by atoms with van der Waals surface area (Å²) < 4.78 is 6.52. The number of aromatic nitrogens is 2. The fraction of sp³-hybridized carbons (Fsp3) is 0.355. The first kappa shape index (κ1) is 30.0. The highest BCUT2D eigenvalue weighted by Gasteiger charge is 2.27. The van der Waals surface area contributed by atoms with Crippen molar-refractivity contribution < 1.29 is 19.1 Å². The van der Waals surface area contributed by atoms with Gasteiger partial charge in [-0.2, -0.15) is 4.68 Å². The molecule has 0 aliphatic rings. The number of nitrogens with one attached hydrogen (secondary N) is 3. The average molecular weight is 576 g/mol. The molecule has 0 atom stereocenters. The maximum atomic E-state index is 13.3. The minimum Gasteiger partial charge on any atom is -0.448 e. The van der Waals surface area contributed by atoms with Crippen LogP contribution in [-0.4, -0.2) is 40.3 Å². The van der Waals surface area contributed by atoms with E-state index < -0.39 is 11.6 Å². The Morgan fingerprint density at radius 3 is 2.29 bits per heavy atom. The van der Waals surface area contributed by atoms with E-state index in [9.17, 15) is 14.4 Å². The summed E-state index contributed by atoms with van der Waals surface area (Å²) in [5.41, 5.74) is 1.82. The first-order chi connectivity index (χ1) is 19.4. The smallest absolute Gasteiger partial charge is 0.436 e. The molecule has 0 saturated carbocycles. The molecule has 0 fully saturated rings. The topological polar surface area (TPSA) is 114 Å². The van der Waals surface area contributed by atoms with Crippen molar-refractivity contribution in [3.05, 3.63) is 82.2 Å². The molecule has 2 amide bonds. The normalized spacial score (nSPS) is 11.7. The third kappa shape index (κ3) is 7.39. The number of carbonyl (C=O) groups excluding carboxylic acids is 3. The molecule has 216 valence electrons. The summed E-state index contributed by atoms with van der Waals surface area (Å²) in [6.07, 6.45) is -0.676. The lowest BCUT2D eigenvalue weighted by Gasteiger charge is -2.26. The van der Waals surface area contributed by atoms with Gasteiger partial charge in [-0.1, -0.05) is 70.2 Å². The summed E-state index contributed by atoms with van der Waals surface area (Å²) >= 11 is 1.11. The van der Waals surface area contributed by atoms with Crippen LogP contribution < -0.4 is 16.0 Å². The molecule has 2 heterocycles. The Bertz CT molecular complexity index is 1520. The predicted molar refractivity (Wildman–Crippen MR) is 162 cm³/mol. The van der Waals surface area contributed by atoms with Gasteiger partial charge in [0.25, 0.3) is 11.8 Å². The molecule has 0 saturated heterocycles. The number of amides is 2. The van der Waals surface area contributed by atoms with Crippen molar-refractivity contribution in [3.63, 3.8) is 0 Å². The van der Waals surface area contributed by atoms with Crippen molar-refractivity contribution in [2.45, 2.75) is 59.7 Å². The third-order valence-corrected chi connectivity index (χ3v) is 7.49. The van der Waals surface area contributed by atoms with E-state index in [4.69, 9.17) is 4.74 Å². The molecule has 0 aliphatic carbocycles. The standard InChI is InChI=1S/C31H37N5O4S/c1-19(2)18-40-30(39)36-29-24(16-25(41-29)28(38)34-31(5,6)23-10-8-7-9-11-23)26(35-36)33-27(37)22-14-12-21(13-15-22)17-32-20(3)4/h7-16,19-20,32H,17-18H2,1-6H3,(H,34,38)(H,33,35,37). The van der Waals surface area contributed by atoms with Gasteiger partial charge in [-0.3, -0.25) is 9.59 Å². The molecule has 0 radical (unpaired) electrons. The van der Waals surface area contributed by atoms with Gasteiger partial charge in [0, 0.05) is 18.2 Å². The monoisotopic (exact) mass is 575 g/mol. The first-order valence-electron chi connectivity index (χ1n) is 13.7. The van der Waals surface area contributed by atoms with Gasteiger partial charge in [0.15, 0.2) is 5.82 Å². The van der Waals surface area contributed by atoms with Crippen LogP contribution in [0, 0.1) is 5.92 Å². The molecule has 4 aromatic rings. The second-order valence-corrected chi connectivity index (χ2v) is 12.2. The maximum Gasteiger partial charge on any atom is 0.436 e. The lowest BCUT2D eigenvalue weighted by atomic mass is 9.94. The van der Waals surface area contributed by atoms with Crippen molar-refractivity contribution >= 4 is 45.3 Å². The minimum atomic E-state index is -0.676. The zero-order valence-electron chi connectivity index (χ0n) is 24.3. The lowest BCUT2D eigenvalue weighted by molar-refractivity contribution is 0.0915. The van der Waals surface area contributed by atoms with Gasteiger partial charge in [-0.15, -0.1) is 16.4 Å². The zero-order chi connectivity index (χ0) is 29.7.